The second-order valence-electron chi connectivity index (χ2n) is 12.0. The molecule has 2 heterocycles. The Hall–Kier alpha value is -3.94. The molecule has 2 N–H and O–H groups in total. The van der Waals surface area contributed by atoms with Crippen molar-refractivity contribution < 1.29 is 14.4 Å². The van der Waals surface area contributed by atoms with Crippen molar-refractivity contribution in [3.8, 4) is 0 Å². The van der Waals surface area contributed by atoms with E-state index in [1.165, 1.54) is 6.08 Å². The largest absolute Gasteiger partial charge is 0.351 e. The third-order valence-corrected chi connectivity index (χ3v) is 9.03. The van der Waals surface area contributed by atoms with Gasteiger partial charge in [0.1, 0.15) is 0 Å². The maximum absolute atomic E-state index is 14.1. The maximum Gasteiger partial charge on any atom is 0.244 e. The Bertz CT molecular complexity index is 1390. The molecule has 2 aliphatic rings. The lowest BCUT2D eigenvalue weighted by molar-refractivity contribution is -0.134. The number of piperidine rings is 1. The number of benzene rings is 3. The second kappa shape index (κ2) is 16.4. The minimum atomic E-state index is -0.514. The van der Waals surface area contributed by atoms with E-state index in [-0.39, 0.29) is 29.7 Å². The molecule has 2 aliphatic heterocycles. The van der Waals surface area contributed by atoms with Crippen molar-refractivity contribution in [1.29, 1.82) is 0 Å². The summed E-state index contributed by atoms with van der Waals surface area (Å²) in [6.45, 7) is 3.06. The minimum absolute atomic E-state index is 0.00904. The standard InChI is InChI=1S/C37H43ClN4O3/c38-31-17-14-28(15-18-31)16-20-35(43)39-26-32-22-25-42(27-33(29-10-4-1-5-11-29)30-12-6-2-7-13-30)37(45)34(40-32)19-21-36(44)41-23-8-3-9-24-41/h1-2,4-7,10-18,20,32-34,40H,3,8-9,19,21-27H2,(H,39,43)/t32-,34-/m0/s1. The van der Waals surface area contributed by atoms with Crippen LogP contribution in [0.5, 0.6) is 0 Å². The lowest BCUT2D eigenvalue weighted by Gasteiger charge is -2.30. The third-order valence-electron chi connectivity index (χ3n) is 8.78. The molecule has 2 atom stereocenters. The van der Waals surface area contributed by atoms with Crippen LogP contribution in [0.2, 0.25) is 5.02 Å². The number of likely N-dealkylation sites (tertiary alicyclic amines) is 1. The lowest BCUT2D eigenvalue weighted by atomic mass is 9.90. The molecular formula is C37H43ClN4O3. The van der Waals surface area contributed by atoms with Gasteiger partial charge in [0.2, 0.25) is 17.7 Å². The minimum Gasteiger partial charge on any atom is -0.351 e. The first kappa shape index (κ1) is 32.5. The first-order chi connectivity index (χ1) is 22.0. The summed E-state index contributed by atoms with van der Waals surface area (Å²) in [7, 11) is 0. The number of hydrogen-bond donors (Lipinski definition) is 2. The van der Waals surface area contributed by atoms with Gasteiger partial charge in [-0.3, -0.25) is 14.4 Å². The molecule has 5 rings (SSSR count). The average Bonchev–Trinajstić information content (AvgIpc) is 3.23. The van der Waals surface area contributed by atoms with Crippen molar-refractivity contribution in [2.24, 2.45) is 0 Å². The molecule has 236 valence electrons. The van der Waals surface area contributed by atoms with E-state index in [1.54, 1.807) is 18.2 Å². The summed E-state index contributed by atoms with van der Waals surface area (Å²) in [6, 6.07) is 27.3. The van der Waals surface area contributed by atoms with Gasteiger partial charge in [-0.15, -0.1) is 0 Å². The first-order valence-electron chi connectivity index (χ1n) is 16.1. The molecule has 45 heavy (non-hydrogen) atoms. The molecule has 2 fully saturated rings. The number of carbonyl (C=O) groups excluding carboxylic acids is 3. The van der Waals surface area contributed by atoms with E-state index in [9.17, 15) is 14.4 Å². The van der Waals surface area contributed by atoms with Crippen LogP contribution in [-0.4, -0.2) is 72.3 Å². The zero-order valence-electron chi connectivity index (χ0n) is 25.7. The van der Waals surface area contributed by atoms with Crippen LogP contribution >= 0.6 is 11.6 Å². The zero-order chi connectivity index (χ0) is 31.4. The van der Waals surface area contributed by atoms with Crippen LogP contribution in [0.1, 0.15) is 61.1 Å². The molecule has 0 bridgehead atoms. The lowest BCUT2D eigenvalue weighted by Crippen LogP contribution is -2.49. The highest BCUT2D eigenvalue weighted by Crippen LogP contribution is 2.27. The fourth-order valence-corrected chi connectivity index (χ4v) is 6.35. The van der Waals surface area contributed by atoms with Gasteiger partial charge >= 0.3 is 0 Å². The number of halogens is 1. The Morgan fingerprint density at radius 3 is 2.18 bits per heavy atom. The number of rotatable bonds is 11. The Labute approximate surface area is 271 Å². The second-order valence-corrected chi connectivity index (χ2v) is 12.4. The van der Waals surface area contributed by atoms with Crippen molar-refractivity contribution in [3.63, 3.8) is 0 Å². The van der Waals surface area contributed by atoms with E-state index in [4.69, 9.17) is 11.6 Å². The van der Waals surface area contributed by atoms with Crippen LogP contribution in [-0.2, 0) is 14.4 Å². The molecule has 3 aromatic rings. The fraction of sp³-hybridized carbons (Fsp3) is 0.378. The van der Waals surface area contributed by atoms with Crippen LogP contribution in [0.15, 0.2) is 91.0 Å². The van der Waals surface area contributed by atoms with Crippen LogP contribution in [0, 0.1) is 0 Å². The van der Waals surface area contributed by atoms with E-state index < -0.39 is 6.04 Å². The summed E-state index contributed by atoms with van der Waals surface area (Å²) < 4.78 is 0. The summed E-state index contributed by atoms with van der Waals surface area (Å²) in [5.74, 6) is -0.0658. The highest BCUT2D eigenvalue weighted by atomic mass is 35.5. The van der Waals surface area contributed by atoms with Gasteiger partial charge < -0.3 is 20.4 Å². The maximum atomic E-state index is 14.1. The highest BCUT2D eigenvalue weighted by Gasteiger charge is 2.33. The van der Waals surface area contributed by atoms with Crippen molar-refractivity contribution in [2.45, 2.75) is 56.5 Å². The number of nitrogens with zero attached hydrogens (tertiary/aromatic N) is 2. The number of hydrogen-bond acceptors (Lipinski definition) is 4. The smallest absolute Gasteiger partial charge is 0.244 e. The van der Waals surface area contributed by atoms with Crippen molar-refractivity contribution in [2.75, 3.05) is 32.7 Å². The molecule has 7 nitrogen and oxygen atoms in total. The third kappa shape index (κ3) is 9.52. The Kier molecular flexibility index (Phi) is 11.8. The van der Waals surface area contributed by atoms with Gasteiger partial charge in [-0.05, 0) is 67.0 Å². The Morgan fingerprint density at radius 2 is 1.53 bits per heavy atom. The number of amides is 3. The SMILES string of the molecule is O=C(C=Cc1ccc(Cl)cc1)NC[C@@H]1CCN(CC(c2ccccc2)c2ccccc2)C(=O)[C@H](CCC(=O)N2CCCCC2)N1. The van der Waals surface area contributed by atoms with Crippen molar-refractivity contribution in [3.05, 3.63) is 113 Å². The zero-order valence-corrected chi connectivity index (χ0v) is 26.5. The molecule has 3 amide bonds. The number of carbonyl (C=O) groups is 3. The molecule has 2 saturated heterocycles. The highest BCUT2D eigenvalue weighted by molar-refractivity contribution is 6.30. The van der Waals surface area contributed by atoms with Gasteiger partial charge in [-0.25, -0.2) is 0 Å². The number of nitrogens with one attached hydrogen (secondary N) is 2. The van der Waals surface area contributed by atoms with E-state index in [1.807, 2.05) is 58.3 Å². The van der Waals surface area contributed by atoms with Crippen molar-refractivity contribution in [1.82, 2.24) is 20.4 Å². The summed E-state index contributed by atoms with van der Waals surface area (Å²) in [4.78, 5) is 43.8. The van der Waals surface area contributed by atoms with E-state index in [2.05, 4.69) is 34.9 Å². The quantitative estimate of drug-likeness (QED) is 0.270. The molecule has 8 heteroatoms. The average molecular weight is 627 g/mol. The monoisotopic (exact) mass is 626 g/mol. The van der Waals surface area contributed by atoms with Crippen LogP contribution in [0.25, 0.3) is 6.08 Å². The Balaban J connectivity index is 1.29. The van der Waals surface area contributed by atoms with E-state index in [0.717, 1.165) is 49.0 Å². The first-order valence-corrected chi connectivity index (χ1v) is 16.5. The van der Waals surface area contributed by atoms with Crippen LogP contribution in [0.4, 0.5) is 0 Å². The normalized spacial score (nSPS) is 19.1. The van der Waals surface area contributed by atoms with E-state index in [0.29, 0.717) is 43.9 Å². The van der Waals surface area contributed by atoms with Crippen molar-refractivity contribution >= 4 is 35.4 Å². The molecule has 3 aromatic carbocycles. The molecule has 0 unspecified atom stereocenters. The van der Waals surface area contributed by atoms with Gasteiger partial charge in [0.15, 0.2) is 0 Å². The molecule has 0 aliphatic carbocycles. The predicted molar refractivity (Wildman–Crippen MR) is 180 cm³/mol. The van der Waals surface area contributed by atoms with Gasteiger partial charge in [0.05, 0.1) is 6.04 Å². The fourth-order valence-electron chi connectivity index (χ4n) is 6.22. The van der Waals surface area contributed by atoms with Gasteiger partial charge in [-0.2, -0.15) is 0 Å². The molecule has 0 spiro atoms. The summed E-state index contributed by atoms with van der Waals surface area (Å²) >= 11 is 5.97. The van der Waals surface area contributed by atoms with Gasteiger partial charge in [0, 0.05) is 62.2 Å². The Morgan fingerprint density at radius 1 is 0.889 bits per heavy atom. The molecule has 0 radical (unpaired) electrons. The van der Waals surface area contributed by atoms with E-state index >= 15 is 0 Å². The summed E-state index contributed by atoms with van der Waals surface area (Å²) in [5.41, 5.74) is 3.19. The molecule has 0 saturated carbocycles. The topological polar surface area (TPSA) is 81.8 Å². The van der Waals surface area contributed by atoms with Gasteiger partial charge in [0.25, 0.3) is 0 Å². The van der Waals surface area contributed by atoms with Crippen LogP contribution in [0.3, 0.4) is 0 Å². The van der Waals surface area contributed by atoms with Gasteiger partial charge in [-0.1, -0.05) is 84.4 Å². The van der Waals surface area contributed by atoms with Crippen LogP contribution < -0.4 is 10.6 Å². The summed E-state index contributed by atoms with van der Waals surface area (Å²) in [5, 5.41) is 7.17. The molecular weight excluding hydrogens is 584 g/mol. The molecule has 0 aromatic heterocycles. The summed E-state index contributed by atoms with van der Waals surface area (Å²) in [6.07, 6.45) is 7.92. The predicted octanol–water partition coefficient (Wildman–Crippen LogP) is 5.65.